The van der Waals surface area contributed by atoms with Gasteiger partial charge in [-0.1, -0.05) is 18.2 Å². The normalized spacial score (nSPS) is 11.2. The van der Waals surface area contributed by atoms with Crippen LogP contribution in [0.2, 0.25) is 0 Å². The largest absolute Gasteiger partial charge is 0.465 e. The van der Waals surface area contributed by atoms with Gasteiger partial charge in [-0.05, 0) is 30.3 Å². The van der Waals surface area contributed by atoms with Crippen molar-refractivity contribution in [1.82, 2.24) is 4.98 Å². The van der Waals surface area contributed by atoms with Crippen LogP contribution < -0.4 is 5.32 Å². The number of ether oxygens (including phenoxy) is 1. The summed E-state index contributed by atoms with van der Waals surface area (Å²) in [6, 6.07) is 13.5. The van der Waals surface area contributed by atoms with E-state index in [1.165, 1.54) is 24.7 Å². The first-order valence-corrected chi connectivity index (χ1v) is 10.4. The van der Waals surface area contributed by atoms with Gasteiger partial charge in [-0.3, -0.25) is 0 Å². The van der Waals surface area contributed by atoms with Crippen molar-refractivity contribution in [3.63, 3.8) is 0 Å². The van der Waals surface area contributed by atoms with Crippen molar-refractivity contribution < 1.29 is 17.9 Å². The molecule has 3 aromatic rings. The van der Waals surface area contributed by atoms with Crippen molar-refractivity contribution in [2.24, 2.45) is 0 Å². The number of hydrogen-bond acceptors (Lipinski definition) is 7. The summed E-state index contributed by atoms with van der Waals surface area (Å²) in [5.74, 6) is -0.403. The number of hydrogen-bond donors (Lipinski definition) is 1. The van der Waals surface area contributed by atoms with Gasteiger partial charge >= 0.3 is 5.97 Å². The minimum Gasteiger partial charge on any atom is -0.465 e. The molecule has 6 nitrogen and oxygen atoms in total. The molecule has 8 heteroatoms. The fourth-order valence-corrected chi connectivity index (χ4v) is 3.67. The summed E-state index contributed by atoms with van der Waals surface area (Å²) in [6.07, 6.45) is 1.18. The molecule has 0 radical (unpaired) electrons. The van der Waals surface area contributed by atoms with Gasteiger partial charge < -0.3 is 10.1 Å². The molecule has 0 aliphatic carbocycles. The SMILES string of the molecule is COC(=O)c1cccc(Nc2nc(-c3ccc(S(C)(=O)=O)cc3)cs2)c1. The molecule has 0 aliphatic rings. The van der Waals surface area contributed by atoms with Crippen molar-refractivity contribution in [3.8, 4) is 11.3 Å². The second kappa shape index (κ2) is 7.27. The Hall–Kier alpha value is -2.71. The summed E-state index contributed by atoms with van der Waals surface area (Å²) < 4.78 is 27.8. The Balaban J connectivity index is 1.79. The van der Waals surface area contributed by atoms with E-state index in [0.717, 1.165) is 16.9 Å². The highest BCUT2D eigenvalue weighted by molar-refractivity contribution is 7.90. The van der Waals surface area contributed by atoms with E-state index >= 15 is 0 Å². The molecule has 0 aliphatic heterocycles. The number of esters is 1. The average molecular weight is 388 g/mol. The van der Waals surface area contributed by atoms with Gasteiger partial charge in [0.05, 0.1) is 23.3 Å². The molecule has 2 aromatic carbocycles. The molecule has 0 atom stereocenters. The summed E-state index contributed by atoms with van der Waals surface area (Å²) in [6.45, 7) is 0. The van der Waals surface area contributed by atoms with Gasteiger partial charge in [0.15, 0.2) is 15.0 Å². The van der Waals surface area contributed by atoms with E-state index in [2.05, 4.69) is 10.3 Å². The number of thiazole rings is 1. The molecular formula is C18H16N2O4S2. The number of rotatable bonds is 5. The highest BCUT2D eigenvalue weighted by atomic mass is 32.2. The Kier molecular flexibility index (Phi) is 5.06. The van der Waals surface area contributed by atoms with Crippen LogP contribution in [0.1, 0.15) is 10.4 Å². The summed E-state index contributed by atoms with van der Waals surface area (Å²) in [5, 5.41) is 5.69. The maximum absolute atomic E-state index is 11.6. The van der Waals surface area contributed by atoms with E-state index < -0.39 is 15.8 Å². The molecule has 0 bridgehead atoms. The van der Waals surface area contributed by atoms with Crippen LogP contribution in [0.25, 0.3) is 11.3 Å². The number of nitrogens with zero attached hydrogens (tertiary/aromatic N) is 1. The third-order valence-corrected chi connectivity index (χ3v) is 5.50. The molecule has 0 amide bonds. The van der Waals surface area contributed by atoms with Crippen molar-refractivity contribution >= 4 is 38.0 Å². The van der Waals surface area contributed by atoms with Gasteiger partial charge in [0.1, 0.15) is 0 Å². The molecule has 0 spiro atoms. The molecule has 0 saturated heterocycles. The number of methoxy groups -OCH3 is 1. The zero-order valence-electron chi connectivity index (χ0n) is 14.1. The predicted molar refractivity (Wildman–Crippen MR) is 102 cm³/mol. The van der Waals surface area contributed by atoms with E-state index in [1.807, 2.05) is 11.4 Å². The van der Waals surface area contributed by atoms with E-state index in [4.69, 9.17) is 4.74 Å². The van der Waals surface area contributed by atoms with Crippen molar-refractivity contribution in [3.05, 3.63) is 59.5 Å². The van der Waals surface area contributed by atoms with Crippen molar-refractivity contribution in [2.45, 2.75) is 4.90 Å². The summed E-state index contributed by atoms with van der Waals surface area (Å²) in [5.41, 5.74) is 2.73. The Morgan fingerprint density at radius 3 is 2.54 bits per heavy atom. The highest BCUT2D eigenvalue weighted by Gasteiger charge is 2.10. The standard InChI is InChI=1S/C18H16N2O4S2/c1-24-17(21)13-4-3-5-14(10-13)19-18-20-16(11-25-18)12-6-8-15(9-7-12)26(2,22)23/h3-11H,1-2H3,(H,19,20). The lowest BCUT2D eigenvalue weighted by Gasteiger charge is -2.05. The third kappa shape index (κ3) is 4.09. The topological polar surface area (TPSA) is 85.4 Å². The second-order valence-corrected chi connectivity index (χ2v) is 8.41. The molecule has 1 N–H and O–H groups in total. The second-order valence-electron chi connectivity index (χ2n) is 5.53. The number of sulfone groups is 1. The maximum Gasteiger partial charge on any atom is 0.337 e. The van der Waals surface area contributed by atoms with Gasteiger partial charge in [-0.25, -0.2) is 18.2 Å². The molecule has 1 heterocycles. The maximum atomic E-state index is 11.6. The van der Waals surface area contributed by atoms with Gasteiger partial charge in [0, 0.05) is 22.9 Å². The van der Waals surface area contributed by atoms with Crippen LogP contribution in [0, 0.1) is 0 Å². The van der Waals surface area contributed by atoms with E-state index in [-0.39, 0.29) is 4.90 Å². The lowest BCUT2D eigenvalue weighted by Crippen LogP contribution is -2.01. The smallest absolute Gasteiger partial charge is 0.337 e. The predicted octanol–water partition coefficient (Wildman–Crippen LogP) is 3.74. The monoisotopic (exact) mass is 388 g/mol. The first kappa shape index (κ1) is 18.1. The van der Waals surface area contributed by atoms with Crippen LogP contribution in [0.5, 0.6) is 0 Å². The van der Waals surface area contributed by atoms with Crippen LogP contribution >= 0.6 is 11.3 Å². The summed E-state index contributed by atoms with van der Waals surface area (Å²) in [4.78, 5) is 16.4. The summed E-state index contributed by atoms with van der Waals surface area (Å²) in [7, 11) is -1.88. The van der Waals surface area contributed by atoms with Crippen LogP contribution in [0.3, 0.4) is 0 Å². The van der Waals surface area contributed by atoms with E-state index in [9.17, 15) is 13.2 Å². The number of carbonyl (C=O) groups is 1. The molecule has 1 aromatic heterocycles. The van der Waals surface area contributed by atoms with Gasteiger partial charge in [-0.2, -0.15) is 0 Å². The van der Waals surface area contributed by atoms with Crippen LogP contribution in [-0.4, -0.2) is 32.7 Å². The van der Waals surface area contributed by atoms with E-state index in [1.54, 1.807) is 42.5 Å². The lowest BCUT2D eigenvalue weighted by molar-refractivity contribution is 0.0601. The molecule has 134 valence electrons. The first-order valence-electron chi connectivity index (χ1n) is 7.58. The van der Waals surface area contributed by atoms with Crippen LogP contribution in [-0.2, 0) is 14.6 Å². The van der Waals surface area contributed by atoms with Gasteiger partial charge in [-0.15, -0.1) is 11.3 Å². The molecule has 0 unspecified atom stereocenters. The minimum atomic E-state index is -3.22. The molecule has 0 saturated carbocycles. The van der Waals surface area contributed by atoms with Crippen molar-refractivity contribution in [1.29, 1.82) is 0 Å². The average Bonchev–Trinajstić information content (AvgIpc) is 3.09. The quantitative estimate of drug-likeness (QED) is 0.670. The zero-order valence-corrected chi connectivity index (χ0v) is 15.7. The van der Waals surface area contributed by atoms with Crippen molar-refractivity contribution in [2.75, 3.05) is 18.7 Å². The zero-order chi connectivity index (χ0) is 18.7. The number of carbonyl (C=O) groups excluding carboxylic acids is 1. The molecular weight excluding hydrogens is 372 g/mol. The Morgan fingerprint density at radius 1 is 1.15 bits per heavy atom. The van der Waals surface area contributed by atoms with Crippen LogP contribution in [0.4, 0.5) is 10.8 Å². The first-order chi connectivity index (χ1) is 12.4. The lowest BCUT2D eigenvalue weighted by atomic mass is 10.2. The molecule has 3 rings (SSSR count). The van der Waals surface area contributed by atoms with Gasteiger partial charge in [0.25, 0.3) is 0 Å². The fraction of sp³-hybridized carbons (Fsp3) is 0.111. The van der Waals surface area contributed by atoms with E-state index in [0.29, 0.717) is 10.7 Å². The molecule has 26 heavy (non-hydrogen) atoms. The number of aromatic nitrogens is 1. The number of anilines is 2. The highest BCUT2D eigenvalue weighted by Crippen LogP contribution is 2.28. The Labute approximate surface area is 155 Å². The minimum absolute atomic E-state index is 0.273. The fourth-order valence-electron chi connectivity index (χ4n) is 2.30. The van der Waals surface area contributed by atoms with Gasteiger partial charge in [0.2, 0.25) is 0 Å². The number of benzene rings is 2. The molecule has 0 fully saturated rings. The van der Waals surface area contributed by atoms with Crippen LogP contribution in [0.15, 0.2) is 58.8 Å². The third-order valence-electron chi connectivity index (χ3n) is 3.62. The Morgan fingerprint density at radius 2 is 1.88 bits per heavy atom. The number of nitrogens with one attached hydrogen (secondary N) is 1. The summed E-state index contributed by atoms with van der Waals surface area (Å²) >= 11 is 1.41. The Bertz CT molecular complexity index is 1040.